The smallest absolute Gasteiger partial charge is 0.290 e. The molecule has 0 N–H and O–H groups in total. The second-order valence-electron chi connectivity index (χ2n) is 10.4. The van der Waals surface area contributed by atoms with Gasteiger partial charge in [-0.3, -0.25) is 9.59 Å². The van der Waals surface area contributed by atoms with Gasteiger partial charge in [0.25, 0.3) is 5.91 Å². The molecule has 0 spiro atoms. The molecule has 1 rings (SSSR count). The van der Waals surface area contributed by atoms with Crippen LogP contribution in [0.2, 0.25) is 0 Å². The Balaban J connectivity index is 2.20. The highest BCUT2D eigenvalue weighted by atomic mass is 16.2. The van der Waals surface area contributed by atoms with E-state index in [1.165, 1.54) is 115 Å². The Morgan fingerprint density at radius 1 is 0.727 bits per heavy atom. The van der Waals surface area contributed by atoms with E-state index in [4.69, 9.17) is 0 Å². The van der Waals surface area contributed by atoms with E-state index in [1.807, 2.05) is 4.90 Å². The van der Waals surface area contributed by atoms with Crippen molar-refractivity contribution < 1.29 is 9.59 Å². The Hall–Kier alpha value is -1.12. The van der Waals surface area contributed by atoms with Crippen LogP contribution in [-0.2, 0) is 9.59 Å². The van der Waals surface area contributed by atoms with Gasteiger partial charge < -0.3 is 4.90 Å². The van der Waals surface area contributed by atoms with Gasteiger partial charge in [-0.2, -0.15) is 0 Å². The van der Waals surface area contributed by atoms with Gasteiger partial charge in [0.1, 0.15) is 0 Å². The van der Waals surface area contributed by atoms with Crippen LogP contribution in [0.4, 0.5) is 0 Å². The van der Waals surface area contributed by atoms with Gasteiger partial charge in [0.15, 0.2) is 0 Å². The van der Waals surface area contributed by atoms with Crippen molar-refractivity contribution in [3.63, 3.8) is 0 Å². The first-order valence-corrected chi connectivity index (χ1v) is 14.6. The van der Waals surface area contributed by atoms with Crippen molar-refractivity contribution >= 4 is 11.7 Å². The molecule has 1 aliphatic heterocycles. The molecule has 1 amide bonds. The Bertz CT molecular complexity index is 539. The monoisotopic (exact) mass is 461 g/mol. The molecule has 0 aliphatic carbocycles. The van der Waals surface area contributed by atoms with E-state index in [2.05, 4.69) is 26.8 Å². The Morgan fingerprint density at radius 3 is 1.64 bits per heavy atom. The molecule has 0 bridgehead atoms. The summed E-state index contributed by atoms with van der Waals surface area (Å²) in [6.07, 6.45) is 29.0. The fourth-order valence-electron chi connectivity index (χ4n) is 5.09. The number of unbranched alkanes of at least 4 members (excludes halogenated alkanes) is 17. The third-order valence-electron chi connectivity index (χ3n) is 7.34. The number of Topliss-reactive ketones (excluding diaryl/α,β-unsaturated/α-hetero) is 1. The summed E-state index contributed by atoms with van der Waals surface area (Å²) in [6, 6.07) is 0.132. The summed E-state index contributed by atoms with van der Waals surface area (Å²) in [5, 5.41) is 0. The fraction of sp³-hybridized carbons (Fsp3) is 0.867. The highest BCUT2D eigenvalue weighted by Crippen LogP contribution is 2.23. The molecule has 1 heterocycles. The van der Waals surface area contributed by atoms with Gasteiger partial charge in [0.2, 0.25) is 5.78 Å². The molecule has 1 fully saturated rings. The molecule has 1 atom stereocenters. The average molecular weight is 462 g/mol. The van der Waals surface area contributed by atoms with E-state index in [0.717, 1.165) is 19.3 Å². The highest BCUT2D eigenvalue weighted by Gasteiger charge is 2.34. The molecular formula is C30H55NO2. The summed E-state index contributed by atoms with van der Waals surface area (Å²) < 4.78 is 0. The minimum absolute atomic E-state index is 0.132. The van der Waals surface area contributed by atoms with Crippen LogP contribution in [0.25, 0.3) is 0 Å². The Morgan fingerprint density at radius 2 is 1.18 bits per heavy atom. The number of rotatable bonds is 22. The van der Waals surface area contributed by atoms with Crippen molar-refractivity contribution in [3.05, 3.63) is 11.6 Å². The summed E-state index contributed by atoms with van der Waals surface area (Å²) in [7, 11) is 0. The largest absolute Gasteiger partial charge is 0.329 e. The first-order chi connectivity index (χ1) is 16.1. The number of ketones is 1. The minimum Gasteiger partial charge on any atom is -0.329 e. The number of nitrogens with zero attached hydrogens (tertiary/aromatic N) is 1. The standard InChI is InChI=1S/C30H55NO2/c1-4-6-8-10-11-12-13-14-15-16-17-18-20-21-23-27(3)28(24-22-19-9-7-5-2)31-26-25-29(32)30(31)33/h23,28H,4-22,24-26H2,1-3H3. The number of likely N-dealkylation sites (tertiary alicyclic amines) is 1. The summed E-state index contributed by atoms with van der Waals surface area (Å²) in [5.74, 6) is -0.447. The van der Waals surface area contributed by atoms with Gasteiger partial charge in [-0.15, -0.1) is 0 Å². The molecule has 1 unspecified atom stereocenters. The number of carbonyl (C=O) groups excluding carboxylic acids is 2. The molecule has 0 aromatic carbocycles. The SMILES string of the molecule is CCCCCCCCCCCCCCCC=C(C)C(CCCCCCC)N1CCC(=O)C1=O. The molecule has 1 aliphatic rings. The van der Waals surface area contributed by atoms with Crippen LogP contribution in [0.5, 0.6) is 0 Å². The highest BCUT2D eigenvalue weighted by molar-refractivity contribution is 6.38. The first kappa shape index (κ1) is 29.9. The molecule has 0 aromatic heterocycles. The van der Waals surface area contributed by atoms with Gasteiger partial charge in [0, 0.05) is 13.0 Å². The number of carbonyl (C=O) groups is 2. The third-order valence-corrected chi connectivity index (χ3v) is 7.34. The van der Waals surface area contributed by atoms with Gasteiger partial charge in [-0.25, -0.2) is 0 Å². The van der Waals surface area contributed by atoms with E-state index in [-0.39, 0.29) is 17.7 Å². The van der Waals surface area contributed by atoms with Crippen LogP contribution in [-0.4, -0.2) is 29.2 Å². The zero-order valence-electron chi connectivity index (χ0n) is 22.5. The van der Waals surface area contributed by atoms with Crippen molar-refractivity contribution in [3.8, 4) is 0 Å². The van der Waals surface area contributed by atoms with Crippen molar-refractivity contribution in [2.24, 2.45) is 0 Å². The number of hydrogen-bond donors (Lipinski definition) is 0. The van der Waals surface area contributed by atoms with E-state index in [0.29, 0.717) is 13.0 Å². The van der Waals surface area contributed by atoms with Crippen molar-refractivity contribution in [2.45, 2.75) is 162 Å². The quantitative estimate of drug-likeness (QED) is 0.0916. The fourth-order valence-corrected chi connectivity index (χ4v) is 5.09. The molecule has 33 heavy (non-hydrogen) atoms. The predicted molar refractivity (Wildman–Crippen MR) is 143 cm³/mol. The number of amides is 1. The Kier molecular flexibility index (Phi) is 18.4. The summed E-state index contributed by atoms with van der Waals surface area (Å²) in [6.45, 7) is 7.31. The van der Waals surface area contributed by atoms with Crippen LogP contribution in [0.3, 0.4) is 0 Å². The van der Waals surface area contributed by atoms with Crippen LogP contribution < -0.4 is 0 Å². The second-order valence-corrected chi connectivity index (χ2v) is 10.4. The molecule has 1 saturated heterocycles. The third kappa shape index (κ3) is 14.0. The Labute approximate surface area is 206 Å². The molecule has 3 heteroatoms. The zero-order chi connectivity index (χ0) is 24.2. The van der Waals surface area contributed by atoms with Crippen LogP contribution in [0.1, 0.15) is 156 Å². The molecule has 3 nitrogen and oxygen atoms in total. The predicted octanol–water partition coefficient (Wildman–Crippen LogP) is 8.94. The van der Waals surface area contributed by atoms with Crippen LogP contribution in [0.15, 0.2) is 11.6 Å². The molecular weight excluding hydrogens is 406 g/mol. The minimum atomic E-state index is -0.248. The summed E-state index contributed by atoms with van der Waals surface area (Å²) in [4.78, 5) is 26.0. The number of hydrogen-bond acceptors (Lipinski definition) is 2. The van der Waals surface area contributed by atoms with E-state index < -0.39 is 0 Å². The van der Waals surface area contributed by atoms with Crippen molar-refractivity contribution in [2.75, 3.05) is 6.54 Å². The maximum atomic E-state index is 12.3. The summed E-state index contributed by atoms with van der Waals surface area (Å²) in [5.41, 5.74) is 1.30. The lowest BCUT2D eigenvalue weighted by atomic mass is 9.97. The van der Waals surface area contributed by atoms with Gasteiger partial charge >= 0.3 is 0 Å². The maximum Gasteiger partial charge on any atom is 0.290 e. The van der Waals surface area contributed by atoms with Gasteiger partial charge in [-0.1, -0.05) is 135 Å². The van der Waals surface area contributed by atoms with Crippen molar-refractivity contribution in [1.29, 1.82) is 0 Å². The second kappa shape index (κ2) is 20.3. The lowest BCUT2D eigenvalue weighted by molar-refractivity contribution is -0.140. The molecule has 192 valence electrons. The van der Waals surface area contributed by atoms with Crippen molar-refractivity contribution in [1.82, 2.24) is 4.90 Å². The van der Waals surface area contributed by atoms with Crippen LogP contribution in [0, 0.1) is 0 Å². The van der Waals surface area contributed by atoms with E-state index in [1.54, 1.807) is 0 Å². The topological polar surface area (TPSA) is 37.4 Å². The molecule has 0 aromatic rings. The zero-order valence-corrected chi connectivity index (χ0v) is 22.5. The first-order valence-electron chi connectivity index (χ1n) is 14.6. The molecule has 0 saturated carbocycles. The van der Waals surface area contributed by atoms with Gasteiger partial charge in [0.05, 0.1) is 6.04 Å². The average Bonchev–Trinajstić information content (AvgIpc) is 3.14. The van der Waals surface area contributed by atoms with E-state index in [9.17, 15) is 9.59 Å². The lowest BCUT2D eigenvalue weighted by Crippen LogP contribution is -2.38. The number of allylic oxidation sites excluding steroid dienone is 1. The summed E-state index contributed by atoms with van der Waals surface area (Å²) >= 11 is 0. The van der Waals surface area contributed by atoms with E-state index >= 15 is 0 Å². The lowest BCUT2D eigenvalue weighted by Gasteiger charge is -2.28. The normalized spacial score (nSPS) is 15.6. The maximum absolute atomic E-state index is 12.3. The van der Waals surface area contributed by atoms with Gasteiger partial charge in [-0.05, 0) is 26.2 Å². The van der Waals surface area contributed by atoms with Crippen LogP contribution >= 0.6 is 0 Å². The molecule has 0 radical (unpaired) electrons.